The van der Waals surface area contributed by atoms with Crippen LogP contribution in [0.15, 0.2) is 23.1 Å². The van der Waals surface area contributed by atoms with Crippen LogP contribution in [0.2, 0.25) is 0 Å². The minimum Gasteiger partial charge on any atom is -0.324 e. The van der Waals surface area contributed by atoms with Gasteiger partial charge in [-0.05, 0) is 44.9 Å². The fourth-order valence-electron chi connectivity index (χ4n) is 2.59. The summed E-state index contributed by atoms with van der Waals surface area (Å²) < 4.78 is 27.4. The third-order valence-corrected chi connectivity index (χ3v) is 6.08. The number of sulfonamides is 1. The van der Waals surface area contributed by atoms with Gasteiger partial charge in [0.25, 0.3) is 0 Å². The van der Waals surface area contributed by atoms with Gasteiger partial charge < -0.3 is 5.32 Å². The highest BCUT2D eigenvalue weighted by Gasteiger charge is 2.27. The van der Waals surface area contributed by atoms with Gasteiger partial charge in [0, 0.05) is 19.8 Å². The number of benzene rings is 1. The molecule has 8 heteroatoms. The van der Waals surface area contributed by atoms with Gasteiger partial charge in [0.05, 0.1) is 11.4 Å². The smallest absolute Gasteiger partial charge is 0.246 e. The molecule has 0 fully saturated rings. The summed E-state index contributed by atoms with van der Waals surface area (Å²) in [7, 11) is -0.664. The summed E-state index contributed by atoms with van der Waals surface area (Å²) in [4.78, 5) is 12.5. The third kappa shape index (κ3) is 3.91. The highest BCUT2D eigenvalue weighted by Crippen LogP contribution is 2.22. The van der Waals surface area contributed by atoms with E-state index in [4.69, 9.17) is 0 Å². The number of carbonyl (C=O) groups excluding carboxylic acids is 1. The Bertz CT molecular complexity index is 914. The van der Waals surface area contributed by atoms with Gasteiger partial charge in [0.2, 0.25) is 15.9 Å². The molecule has 1 aromatic heterocycles. The Labute approximate surface area is 148 Å². The molecule has 1 heterocycles. The summed E-state index contributed by atoms with van der Waals surface area (Å²) >= 11 is 0. The molecule has 2 rings (SSSR count). The van der Waals surface area contributed by atoms with Crippen LogP contribution in [-0.4, -0.2) is 42.5 Å². The minimum absolute atomic E-state index is 0.0526. The van der Waals surface area contributed by atoms with Gasteiger partial charge in [-0.2, -0.15) is 5.10 Å². The lowest BCUT2D eigenvalue weighted by atomic mass is 10.1. The Balaban J connectivity index is 2.27. The van der Waals surface area contributed by atoms with Crippen LogP contribution in [0.4, 0.5) is 5.69 Å². The minimum atomic E-state index is -3.61. The summed E-state index contributed by atoms with van der Waals surface area (Å²) in [5, 5.41) is 7.09. The molecule has 7 nitrogen and oxygen atoms in total. The van der Waals surface area contributed by atoms with Crippen molar-refractivity contribution in [1.82, 2.24) is 14.1 Å². The lowest BCUT2D eigenvalue weighted by Gasteiger charge is -2.12. The van der Waals surface area contributed by atoms with Crippen molar-refractivity contribution in [3.63, 3.8) is 0 Å². The zero-order chi connectivity index (χ0) is 18.9. The molecule has 2 aromatic rings. The molecule has 0 saturated heterocycles. The van der Waals surface area contributed by atoms with Crippen LogP contribution in [0.25, 0.3) is 0 Å². The molecule has 1 amide bonds. The van der Waals surface area contributed by atoms with E-state index in [2.05, 4.69) is 10.4 Å². The molecular weight excluding hydrogens is 340 g/mol. The van der Waals surface area contributed by atoms with Crippen molar-refractivity contribution < 1.29 is 13.2 Å². The average Bonchev–Trinajstić information content (AvgIpc) is 2.77. The average molecular weight is 364 g/mol. The quantitative estimate of drug-likeness (QED) is 0.879. The molecule has 0 atom stereocenters. The Kier molecular flexibility index (Phi) is 5.34. The van der Waals surface area contributed by atoms with Gasteiger partial charge in [-0.1, -0.05) is 12.1 Å². The molecule has 0 bridgehead atoms. The van der Waals surface area contributed by atoms with Crippen LogP contribution in [0.5, 0.6) is 0 Å². The number of rotatable bonds is 5. The molecule has 0 unspecified atom stereocenters. The Morgan fingerprint density at radius 2 is 1.84 bits per heavy atom. The van der Waals surface area contributed by atoms with Crippen molar-refractivity contribution in [1.29, 1.82) is 0 Å². The van der Waals surface area contributed by atoms with Gasteiger partial charge in [-0.25, -0.2) is 12.7 Å². The molecule has 25 heavy (non-hydrogen) atoms. The van der Waals surface area contributed by atoms with Crippen molar-refractivity contribution in [2.75, 3.05) is 19.4 Å². The molecule has 1 aromatic carbocycles. The number of hydrogen-bond acceptors (Lipinski definition) is 4. The normalized spacial score (nSPS) is 11.8. The maximum Gasteiger partial charge on any atom is 0.246 e. The summed E-state index contributed by atoms with van der Waals surface area (Å²) in [5.74, 6) is -0.256. The first-order chi connectivity index (χ1) is 11.5. The summed E-state index contributed by atoms with van der Waals surface area (Å²) in [6.07, 6.45) is 0. The van der Waals surface area contributed by atoms with Crippen molar-refractivity contribution >= 4 is 21.6 Å². The largest absolute Gasteiger partial charge is 0.324 e. The number of carbonyl (C=O) groups is 1. The summed E-state index contributed by atoms with van der Waals surface area (Å²) in [5.41, 5.74) is 3.58. The number of nitrogens with one attached hydrogen (secondary N) is 1. The van der Waals surface area contributed by atoms with E-state index in [0.717, 1.165) is 21.1 Å². The lowest BCUT2D eigenvalue weighted by molar-refractivity contribution is -0.116. The Morgan fingerprint density at radius 1 is 1.20 bits per heavy atom. The van der Waals surface area contributed by atoms with E-state index in [1.54, 1.807) is 13.8 Å². The predicted molar refractivity (Wildman–Crippen MR) is 97.1 cm³/mol. The number of nitrogens with zero attached hydrogens (tertiary/aromatic N) is 3. The fourth-order valence-corrected chi connectivity index (χ4v) is 3.84. The van der Waals surface area contributed by atoms with Gasteiger partial charge >= 0.3 is 0 Å². The molecule has 0 radical (unpaired) electrons. The maximum atomic E-state index is 12.4. The lowest BCUT2D eigenvalue weighted by Crippen LogP contribution is -2.24. The van der Waals surface area contributed by atoms with E-state index < -0.39 is 10.0 Å². The second-order valence-corrected chi connectivity index (χ2v) is 8.40. The van der Waals surface area contributed by atoms with Crippen molar-refractivity contribution in [2.45, 2.75) is 39.1 Å². The maximum absolute atomic E-state index is 12.4. The van der Waals surface area contributed by atoms with E-state index in [1.165, 1.54) is 18.8 Å². The summed E-state index contributed by atoms with van der Waals surface area (Å²) in [6, 6.07) is 5.82. The van der Waals surface area contributed by atoms with Gasteiger partial charge in [-0.3, -0.25) is 9.48 Å². The van der Waals surface area contributed by atoms with Crippen LogP contribution in [0, 0.1) is 27.7 Å². The second kappa shape index (κ2) is 6.97. The number of hydrogen-bond donors (Lipinski definition) is 1. The fraction of sp³-hybridized carbons (Fsp3) is 0.412. The first-order valence-electron chi connectivity index (χ1n) is 7.87. The zero-order valence-corrected chi connectivity index (χ0v) is 16.2. The Morgan fingerprint density at radius 3 is 2.44 bits per heavy atom. The molecule has 136 valence electrons. The van der Waals surface area contributed by atoms with Crippen molar-refractivity contribution in [3.8, 4) is 0 Å². The SMILES string of the molecule is Cc1ccc(C)c(NC(=O)Cn2nc(C)c(S(=O)(=O)N(C)C)c2C)c1. The molecule has 0 aliphatic heterocycles. The van der Waals surface area contributed by atoms with Gasteiger partial charge in [-0.15, -0.1) is 0 Å². The molecule has 1 N–H and O–H groups in total. The second-order valence-electron chi connectivity index (χ2n) is 6.31. The number of aryl methyl sites for hydroxylation is 3. The van der Waals surface area contributed by atoms with E-state index in [-0.39, 0.29) is 17.3 Å². The first kappa shape index (κ1) is 19.1. The monoisotopic (exact) mass is 364 g/mol. The van der Waals surface area contributed by atoms with Crippen LogP contribution in [0.1, 0.15) is 22.5 Å². The van der Waals surface area contributed by atoms with Crippen LogP contribution >= 0.6 is 0 Å². The van der Waals surface area contributed by atoms with E-state index >= 15 is 0 Å². The van der Waals surface area contributed by atoms with E-state index in [9.17, 15) is 13.2 Å². The van der Waals surface area contributed by atoms with Gasteiger partial charge in [0.15, 0.2) is 0 Å². The van der Waals surface area contributed by atoms with Crippen molar-refractivity contribution in [2.24, 2.45) is 0 Å². The third-order valence-electron chi connectivity index (χ3n) is 4.01. The highest BCUT2D eigenvalue weighted by atomic mass is 32.2. The van der Waals surface area contributed by atoms with Crippen LogP contribution in [0.3, 0.4) is 0 Å². The summed E-state index contributed by atoms with van der Waals surface area (Å²) in [6.45, 7) is 7.10. The van der Waals surface area contributed by atoms with Gasteiger partial charge in [0.1, 0.15) is 11.4 Å². The number of anilines is 1. The Hall–Kier alpha value is -2.19. The highest BCUT2D eigenvalue weighted by molar-refractivity contribution is 7.89. The molecule has 0 saturated carbocycles. The van der Waals surface area contributed by atoms with Crippen LogP contribution in [-0.2, 0) is 21.4 Å². The number of amides is 1. The number of aromatic nitrogens is 2. The standard InChI is InChI=1S/C17H24N4O3S/c1-11-7-8-12(2)15(9-11)18-16(22)10-21-14(4)17(13(3)19-21)25(23,24)20(5)6/h7-9H,10H2,1-6H3,(H,18,22). The topological polar surface area (TPSA) is 84.3 Å². The molecule has 0 aliphatic rings. The zero-order valence-electron chi connectivity index (χ0n) is 15.4. The van der Waals surface area contributed by atoms with Crippen LogP contribution < -0.4 is 5.32 Å². The predicted octanol–water partition coefficient (Wildman–Crippen LogP) is 2.01. The van der Waals surface area contributed by atoms with E-state index in [0.29, 0.717) is 11.4 Å². The molecule has 0 spiro atoms. The van der Waals surface area contributed by atoms with Crippen molar-refractivity contribution in [3.05, 3.63) is 40.7 Å². The first-order valence-corrected chi connectivity index (χ1v) is 9.31. The molecule has 0 aliphatic carbocycles. The van der Waals surface area contributed by atoms with E-state index in [1.807, 2.05) is 32.0 Å². The molecular formula is C17H24N4O3S.